The Bertz CT molecular complexity index is 2190. The average molecular weight is 863 g/mol. The fourth-order valence-electron chi connectivity index (χ4n) is 5.25. The molecule has 0 saturated heterocycles. The second kappa shape index (κ2) is 14.4. The molecule has 0 bridgehead atoms. The van der Waals surface area contributed by atoms with Crippen LogP contribution >= 0.6 is 0 Å². The van der Waals surface area contributed by atoms with Crippen molar-refractivity contribution in [1.29, 1.82) is 0 Å². The van der Waals surface area contributed by atoms with E-state index in [-0.39, 0.29) is 20.1 Å². The fraction of sp³-hybridized carbons (Fsp3) is 0.150. The molecule has 0 aliphatic heterocycles. The van der Waals surface area contributed by atoms with Gasteiger partial charge in [-0.15, -0.1) is 18.2 Å². The van der Waals surface area contributed by atoms with Crippen molar-refractivity contribution in [3.63, 3.8) is 0 Å². The maximum absolute atomic E-state index is 14.3. The Kier molecular flexibility index (Phi) is 10.1. The Balaban J connectivity index is 0.000000224. The maximum Gasteiger partial charge on any atom is 0 e. The summed E-state index contributed by atoms with van der Waals surface area (Å²) in [5.74, 6) is 5.15. The van der Waals surface area contributed by atoms with E-state index in [9.17, 15) is 8.78 Å². The Morgan fingerprint density at radius 3 is 2.32 bits per heavy atom. The van der Waals surface area contributed by atoms with Gasteiger partial charge in [0.25, 0.3) is 0 Å². The van der Waals surface area contributed by atoms with E-state index < -0.39 is 30.8 Å². The topological polar surface area (TPSA) is 38.9 Å². The molecule has 0 saturated carbocycles. The zero-order valence-electron chi connectivity index (χ0n) is 27.8. The monoisotopic (exact) mass is 864 g/mol. The van der Waals surface area contributed by atoms with Gasteiger partial charge in [-0.25, -0.2) is 8.78 Å². The van der Waals surface area contributed by atoms with E-state index in [0.717, 1.165) is 33.7 Å². The van der Waals surface area contributed by atoms with Crippen LogP contribution in [0.2, 0.25) is 17.3 Å². The van der Waals surface area contributed by atoms with Crippen LogP contribution in [-0.4, -0.2) is 23.2 Å². The second-order valence-corrected chi connectivity index (χ2v) is 23.1. The minimum absolute atomic E-state index is 0. The molecule has 239 valence electrons. The van der Waals surface area contributed by atoms with Gasteiger partial charge in [0.15, 0.2) is 0 Å². The van der Waals surface area contributed by atoms with E-state index in [0.29, 0.717) is 33.6 Å². The van der Waals surface area contributed by atoms with Crippen LogP contribution in [0.25, 0.3) is 55.6 Å². The molecule has 0 aliphatic rings. The van der Waals surface area contributed by atoms with Gasteiger partial charge >= 0.3 is 99.8 Å². The summed E-state index contributed by atoms with van der Waals surface area (Å²) < 4.78 is 43.5. The zero-order valence-corrected chi connectivity index (χ0v) is 31.3. The number of rotatable bonds is 5. The molecule has 0 N–H and O–H groups in total. The largest absolute Gasteiger partial charge is 0 e. The molecule has 7 aromatic rings. The van der Waals surface area contributed by atoms with Gasteiger partial charge in [0.2, 0.25) is 0 Å². The molecule has 4 aromatic carbocycles. The van der Waals surface area contributed by atoms with Crippen molar-refractivity contribution in [2.45, 2.75) is 37.0 Å². The predicted molar refractivity (Wildman–Crippen MR) is 187 cm³/mol. The van der Waals surface area contributed by atoms with Crippen molar-refractivity contribution < 1.29 is 34.7 Å². The van der Waals surface area contributed by atoms with Crippen LogP contribution in [0.3, 0.4) is 0 Å². The number of hydrogen-bond acceptors (Lipinski definition) is 3. The van der Waals surface area contributed by atoms with Gasteiger partial charge in [-0.05, 0) is 41.4 Å². The summed E-state index contributed by atoms with van der Waals surface area (Å²) in [4.78, 5) is 9.00. The van der Waals surface area contributed by atoms with Gasteiger partial charge in [-0.1, -0.05) is 48.6 Å². The van der Waals surface area contributed by atoms with Crippen LogP contribution in [0.15, 0.2) is 114 Å². The standard InChI is InChI=1S/C26H18F2NO.C14H16GeN.Ir/c1-15(2)16-10-11-29-24(12-16)22-5-3-4-21-20-8-6-17(13-25(20)30-26(21)22)19-9-7-18(27)14-23(19)28;1-15(2,3)13-9-10-14(16-11-13)12-7-5-4-6-8-12;/h3-4,6-15H,1-2H3;4-7,9-11H,1-3H3;/q2*-1;/i15D;;. The first-order chi connectivity index (χ1) is 22.4. The van der Waals surface area contributed by atoms with Crippen molar-refractivity contribution in [2.24, 2.45) is 0 Å². The van der Waals surface area contributed by atoms with Gasteiger partial charge in [-0.2, -0.15) is 0 Å². The number of fused-ring (bicyclic) bond motifs is 3. The van der Waals surface area contributed by atoms with Crippen molar-refractivity contribution in [3.8, 4) is 33.6 Å². The SMILES string of the molecule is [2H]C(C)(C)c1ccnc(-c2[c-]ccc3c2oc2cc(-c4ccc(F)cc4F)ccc23)c1.[CH3][Ge]([CH3])([CH3])[c]1ccc(-c2[c-]cccc2)nc1.[Ir]. The first-order valence-corrected chi connectivity index (χ1v) is 22.5. The summed E-state index contributed by atoms with van der Waals surface area (Å²) in [6.45, 7) is 3.65. The van der Waals surface area contributed by atoms with E-state index >= 15 is 0 Å². The van der Waals surface area contributed by atoms with Gasteiger partial charge in [0, 0.05) is 44.7 Å². The number of aromatic nitrogens is 2. The fourth-order valence-corrected chi connectivity index (χ4v) is 7.42. The molecular weight excluding hydrogens is 827 g/mol. The van der Waals surface area contributed by atoms with Crippen molar-refractivity contribution in [1.82, 2.24) is 9.97 Å². The number of pyridine rings is 2. The van der Waals surface area contributed by atoms with E-state index in [1.54, 1.807) is 18.3 Å². The summed E-state index contributed by atoms with van der Waals surface area (Å²) in [6.07, 6.45) is 3.72. The third-order valence-corrected chi connectivity index (χ3v) is 12.1. The van der Waals surface area contributed by atoms with Crippen LogP contribution in [0, 0.1) is 23.8 Å². The van der Waals surface area contributed by atoms with Gasteiger partial charge in [0.1, 0.15) is 17.2 Å². The third-order valence-electron chi connectivity index (χ3n) is 7.88. The Labute approximate surface area is 292 Å². The van der Waals surface area contributed by atoms with Crippen molar-refractivity contribution in [3.05, 3.63) is 139 Å². The van der Waals surface area contributed by atoms with Gasteiger partial charge < -0.3 is 9.40 Å². The maximum atomic E-state index is 14.3. The predicted octanol–water partition coefficient (Wildman–Crippen LogP) is 10.6. The minimum atomic E-state index is -1.72. The average Bonchev–Trinajstić information content (AvgIpc) is 3.43. The van der Waals surface area contributed by atoms with Crippen LogP contribution in [0.5, 0.6) is 0 Å². The molecule has 0 aliphatic carbocycles. The molecule has 3 aromatic heterocycles. The molecule has 3 heterocycles. The van der Waals surface area contributed by atoms with Crippen LogP contribution in [0.1, 0.15) is 26.7 Å². The Morgan fingerprint density at radius 2 is 1.64 bits per heavy atom. The number of nitrogens with zero attached hydrogens (tertiary/aromatic N) is 2. The van der Waals surface area contributed by atoms with E-state index in [4.69, 9.17) is 5.79 Å². The normalized spacial score (nSPS) is 11.9. The molecule has 7 heteroatoms. The molecular formula is C40H34F2GeIrN2O-2. The minimum Gasteiger partial charge on any atom is 0 e. The molecule has 0 spiro atoms. The number of furan rings is 1. The summed E-state index contributed by atoms with van der Waals surface area (Å²) in [5, 5.41) is 1.78. The molecule has 0 fully saturated rings. The smallest absolute Gasteiger partial charge is 0 e. The van der Waals surface area contributed by atoms with E-state index in [1.807, 2.05) is 74.6 Å². The summed E-state index contributed by atoms with van der Waals surface area (Å²) >= 11 is -1.72. The zero-order chi connectivity index (χ0) is 33.3. The summed E-state index contributed by atoms with van der Waals surface area (Å²) in [7, 11) is 0. The Morgan fingerprint density at radius 1 is 0.809 bits per heavy atom. The third kappa shape index (κ3) is 7.62. The quantitative estimate of drug-likeness (QED) is 0.128. The molecule has 0 amide bonds. The van der Waals surface area contributed by atoms with Gasteiger partial charge in [-0.3, -0.25) is 0 Å². The molecule has 3 nitrogen and oxygen atoms in total. The van der Waals surface area contributed by atoms with E-state index in [1.165, 1.54) is 16.5 Å². The van der Waals surface area contributed by atoms with Gasteiger partial charge in [0.05, 0.1) is 5.58 Å². The van der Waals surface area contributed by atoms with Crippen LogP contribution in [-0.2, 0) is 20.1 Å². The molecule has 0 unspecified atom stereocenters. The molecule has 47 heavy (non-hydrogen) atoms. The molecule has 1 radical (unpaired) electrons. The number of hydrogen-bond donors (Lipinski definition) is 0. The first-order valence-electron chi connectivity index (χ1n) is 15.6. The second-order valence-electron chi connectivity index (χ2n) is 12.4. The first kappa shape index (κ1) is 33.0. The Hall–Kier alpha value is -3.97. The molecule has 7 rings (SSSR count). The summed E-state index contributed by atoms with van der Waals surface area (Å²) in [5.41, 5.74) is 6.42. The molecule has 0 atom stereocenters. The van der Waals surface area contributed by atoms with E-state index in [2.05, 4.69) is 51.5 Å². The van der Waals surface area contributed by atoms with Crippen molar-refractivity contribution in [2.75, 3.05) is 0 Å². The van der Waals surface area contributed by atoms with Crippen LogP contribution in [0.4, 0.5) is 8.78 Å². The van der Waals surface area contributed by atoms with Crippen LogP contribution < -0.4 is 4.40 Å². The number of benzene rings is 4. The number of halogens is 2. The van der Waals surface area contributed by atoms with Crippen molar-refractivity contribution >= 4 is 39.6 Å². The summed E-state index contributed by atoms with van der Waals surface area (Å²) in [6, 6.07) is 35.1.